The Hall–Kier alpha value is 0.0169. The van der Waals surface area contributed by atoms with E-state index in [0.29, 0.717) is 19.8 Å². The number of ether oxygens (including phenoxy) is 2. The van der Waals surface area contributed by atoms with Crippen LogP contribution < -0.4 is 11.1 Å². The second-order valence-corrected chi connectivity index (χ2v) is 5.80. The Bertz CT molecular complexity index is 158. The molecular weight excluding hydrogens is 236 g/mol. The molecule has 0 saturated heterocycles. The molecule has 0 atom stereocenters. The van der Waals surface area contributed by atoms with E-state index in [4.69, 9.17) is 19.6 Å². The Morgan fingerprint density at radius 3 is 2.35 bits per heavy atom. The van der Waals surface area contributed by atoms with Crippen LogP contribution in [0.25, 0.3) is 0 Å². The molecule has 0 unspecified atom stereocenters. The van der Waals surface area contributed by atoms with Crippen LogP contribution >= 0.6 is 0 Å². The molecule has 3 N–H and O–H groups in total. The molecule has 0 aliphatic carbocycles. The third-order valence-corrected chi connectivity index (χ3v) is 3.76. The van der Waals surface area contributed by atoms with Crippen LogP contribution in [0, 0.1) is 0 Å². The lowest BCUT2D eigenvalue weighted by atomic mass is 10.5. The summed E-state index contributed by atoms with van der Waals surface area (Å²) in [5.41, 5.74) is 5.39. The minimum atomic E-state index is -0.841. The Kier molecular flexibility index (Phi) is 12.5. The first-order valence-corrected chi connectivity index (χ1v) is 8.49. The van der Waals surface area contributed by atoms with Crippen molar-refractivity contribution in [2.75, 3.05) is 32.8 Å². The van der Waals surface area contributed by atoms with Gasteiger partial charge in [-0.1, -0.05) is 0 Å². The molecule has 103 valence electrons. The van der Waals surface area contributed by atoms with Crippen molar-refractivity contribution in [3.63, 3.8) is 0 Å². The van der Waals surface area contributed by atoms with Gasteiger partial charge in [-0.15, -0.1) is 0 Å². The second-order valence-electron chi connectivity index (χ2n) is 3.66. The highest BCUT2D eigenvalue weighted by atomic mass is 28.3. The summed E-state index contributed by atoms with van der Waals surface area (Å²) in [5, 5.41) is 3.27. The van der Waals surface area contributed by atoms with Crippen molar-refractivity contribution in [2.45, 2.75) is 39.3 Å². The number of hydrogen-bond acceptors (Lipinski definition) is 5. The first kappa shape index (κ1) is 17.0. The topological polar surface area (TPSA) is 65.7 Å². The van der Waals surface area contributed by atoms with Crippen LogP contribution in [0.2, 0.25) is 12.6 Å². The zero-order valence-electron chi connectivity index (χ0n) is 11.3. The Labute approximate surface area is 107 Å². The highest BCUT2D eigenvalue weighted by Gasteiger charge is 2.14. The molecule has 0 fully saturated rings. The average molecular weight is 263 g/mol. The van der Waals surface area contributed by atoms with Gasteiger partial charge in [0.15, 0.2) is 0 Å². The lowest BCUT2D eigenvalue weighted by molar-refractivity contribution is -0.245. The molecule has 0 spiro atoms. The zero-order chi connectivity index (χ0) is 12.9. The van der Waals surface area contributed by atoms with E-state index in [9.17, 15) is 0 Å². The molecule has 0 rings (SSSR count). The molecule has 6 heteroatoms. The Morgan fingerprint density at radius 1 is 1.18 bits per heavy atom. The van der Waals surface area contributed by atoms with Crippen molar-refractivity contribution < 1.29 is 13.9 Å². The van der Waals surface area contributed by atoms with Gasteiger partial charge < -0.3 is 25.0 Å². The monoisotopic (exact) mass is 263 g/mol. The van der Waals surface area contributed by atoms with E-state index in [0.717, 1.165) is 25.6 Å². The third-order valence-electron chi connectivity index (χ3n) is 2.11. The van der Waals surface area contributed by atoms with Crippen LogP contribution in [0.15, 0.2) is 0 Å². The first-order chi connectivity index (χ1) is 8.24. The van der Waals surface area contributed by atoms with E-state index in [-0.39, 0.29) is 0 Å². The molecule has 0 aromatic rings. The molecule has 17 heavy (non-hydrogen) atoms. The van der Waals surface area contributed by atoms with Crippen molar-refractivity contribution in [1.82, 2.24) is 5.32 Å². The molecule has 0 aliphatic heterocycles. The van der Waals surface area contributed by atoms with E-state index in [2.05, 4.69) is 11.9 Å². The summed E-state index contributed by atoms with van der Waals surface area (Å²) in [5.74, 6) is 0. The van der Waals surface area contributed by atoms with Gasteiger partial charge in [0.2, 0.25) is 9.04 Å². The normalized spacial score (nSPS) is 11.6. The number of rotatable bonds is 12. The molecule has 0 aliphatic rings. The van der Waals surface area contributed by atoms with Gasteiger partial charge in [-0.25, -0.2) is 0 Å². The summed E-state index contributed by atoms with van der Waals surface area (Å²) < 4.78 is 16.4. The van der Waals surface area contributed by atoms with Crippen LogP contribution in [-0.4, -0.2) is 48.4 Å². The summed E-state index contributed by atoms with van der Waals surface area (Å²) >= 11 is 0. The molecule has 5 nitrogen and oxygen atoms in total. The summed E-state index contributed by atoms with van der Waals surface area (Å²) in [6.45, 7) is 9.32. The summed E-state index contributed by atoms with van der Waals surface area (Å²) in [7, 11) is -0.841. The van der Waals surface area contributed by atoms with Crippen molar-refractivity contribution in [3.05, 3.63) is 0 Å². The van der Waals surface area contributed by atoms with Gasteiger partial charge in [-0.05, 0) is 39.4 Å². The fraction of sp³-hybridized carbons (Fsp3) is 1.00. The van der Waals surface area contributed by atoms with Gasteiger partial charge in [-0.3, -0.25) is 0 Å². The summed E-state index contributed by atoms with van der Waals surface area (Å²) in [6, 6.07) is 1.08. The smallest absolute Gasteiger partial charge is 0.262 e. The molecule has 0 aromatic carbocycles. The van der Waals surface area contributed by atoms with Crippen LogP contribution in [0.3, 0.4) is 0 Å². The van der Waals surface area contributed by atoms with Gasteiger partial charge in [0, 0.05) is 26.3 Å². The van der Waals surface area contributed by atoms with Gasteiger partial charge in [-0.2, -0.15) is 0 Å². The Morgan fingerprint density at radius 2 is 1.82 bits per heavy atom. The molecule has 0 aromatic heterocycles. The highest BCUT2D eigenvalue weighted by Crippen LogP contribution is 2.05. The van der Waals surface area contributed by atoms with Crippen molar-refractivity contribution in [2.24, 2.45) is 5.73 Å². The van der Waals surface area contributed by atoms with Crippen LogP contribution in [-0.2, 0) is 13.9 Å². The van der Waals surface area contributed by atoms with Crippen molar-refractivity contribution in [1.29, 1.82) is 0 Å². The summed E-state index contributed by atoms with van der Waals surface area (Å²) in [4.78, 5) is 0. The van der Waals surface area contributed by atoms with E-state index >= 15 is 0 Å². The lowest BCUT2D eigenvalue weighted by Crippen LogP contribution is -2.29. The van der Waals surface area contributed by atoms with Gasteiger partial charge in [0.1, 0.15) is 0 Å². The van der Waals surface area contributed by atoms with Crippen LogP contribution in [0.5, 0.6) is 0 Å². The molecule has 0 saturated carbocycles. The van der Waals surface area contributed by atoms with Gasteiger partial charge >= 0.3 is 0 Å². The predicted molar refractivity (Wildman–Crippen MR) is 71.1 cm³/mol. The molecule has 0 bridgehead atoms. The quantitative estimate of drug-likeness (QED) is 0.311. The fourth-order valence-corrected chi connectivity index (χ4v) is 2.56. The minimum Gasteiger partial charge on any atom is -0.371 e. The van der Waals surface area contributed by atoms with E-state index < -0.39 is 15.5 Å². The minimum absolute atomic E-state index is 0.485. The third kappa shape index (κ3) is 10.9. The average Bonchev–Trinajstić information content (AvgIpc) is 2.29. The first-order valence-electron chi connectivity index (χ1n) is 6.37. The second kappa shape index (κ2) is 12.5. The molecule has 0 heterocycles. The lowest BCUT2D eigenvalue weighted by Gasteiger charge is -2.20. The highest BCUT2D eigenvalue weighted by molar-refractivity contribution is 6.50. The predicted octanol–water partition coefficient (Wildman–Crippen LogP) is 0.919. The van der Waals surface area contributed by atoms with E-state index in [1.165, 1.54) is 0 Å². The number of nitrogens with two attached hydrogens (primary N) is 1. The molecular formula is C11H27N2O3Si. The maximum absolute atomic E-state index is 5.74. The standard InChI is InChI=1S/C11H27N2O3Si/c1-4-14-11(15-5-2)16-17(3)10-6-8-13-9-7-12/h11,13H,4-10,12H2,1-3H3. The number of hydrogen-bond donors (Lipinski definition) is 2. The van der Waals surface area contributed by atoms with Crippen molar-refractivity contribution >= 4 is 9.04 Å². The largest absolute Gasteiger partial charge is 0.371 e. The van der Waals surface area contributed by atoms with Gasteiger partial charge in [0.25, 0.3) is 6.48 Å². The SMILES string of the molecule is CCOC(OCC)O[Si](C)CCCNCCN. The summed E-state index contributed by atoms with van der Waals surface area (Å²) in [6.07, 6.45) is 1.11. The van der Waals surface area contributed by atoms with Crippen LogP contribution in [0.4, 0.5) is 0 Å². The van der Waals surface area contributed by atoms with Gasteiger partial charge in [0.05, 0.1) is 0 Å². The zero-order valence-corrected chi connectivity index (χ0v) is 12.3. The molecule has 0 amide bonds. The fourth-order valence-electron chi connectivity index (χ4n) is 1.30. The maximum Gasteiger partial charge on any atom is 0.262 e. The van der Waals surface area contributed by atoms with Crippen LogP contribution in [0.1, 0.15) is 20.3 Å². The Balaban J connectivity index is 3.55. The number of nitrogens with one attached hydrogen (secondary N) is 1. The van der Waals surface area contributed by atoms with E-state index in [1.54, 1.807) is 0 Å². The maximum atomic E-state index is 5.74. The molecule has 1 radical (unpaired) electrons. The van der Waals surface area contributed by atoms with E-state index in [1.807, 2.05) is 13.8 Å². The van der Waals surface area contributed by atoms with Crippen molar-refractivity contribution in [3.8, 4) is 0 Å².